The lowest BCUT2D eigenvalue weighted by atomic mass is 10.0. The van der Waals surface area contributed by atoms with E-state index in [2.05, 4.69) is 0 Å². The average molecular weight is 282 g/mol. The summed E-state index contributed by atoms with van der Waals surface area (Å²) in [5, 5.41) is 11.6. The van der Waals surface area contributed by atoms with E-state index >= 15 is 0 Å². The standard InChI is InChI=1S/C18H18O3/c1-11-7-8-15(20-3)14(9-11)17(19)16-10-13-6-4-5-12(2)18(13)21-16/h4-10,17,19H,1-3H3. The number of rotatable bonds is 3. The maximum Gasteiger partial charge on any atom is 0.140 e. The molecule has 0 saturated heterocycles. The van der Waals surface area contributed by atoms with Gasteiger partial charge in [0.2, 0.25) is 0 Å². The van der Waals surface area contributed by atoms with Gasteiger partial charge >= 0.3 is 0 Å². The lowest BCUT2D eigenvalue weighted by Gasteiger charge is -2.13. The molecule has 0 spiro atoms. The largest absolute Gasteiger partial charge is 0.496 e. The van der Waals surface area contributed by atoms with Crippen molar-refractivity contribution in [1.29, 1.82) is 0 Å². The third-order valence-electron chi connectivity index (χ3n) is 3.71. The molecule has 108 valence electrons. The summed E-state index contributed by atoms with van der Waals surface area (Å²) in [5.74, 6) is 1.19. The molecule has 0 aliphatic rings. The smallest absolute Gasteiger partial charge is 0.140 e. The van der Waals surface area contributed by atoms with E-state index in [1.807, 2.05) is 56.3 Å². The van der Waals surface area contributed by atoms with E-state index < -0.39 is 6.10 Å². The van der Waals surface area contributed by atoms with Crippen LogP contribution in [0.15, 0.2) is 46.9 Å². The normalized spacial score (nSPS) is 12.6. The quantitative estimate of drug-likeness (QED) is 0.785. The third-order valence-corrected chi connectivity index (χ3v) is 3.71. The van der Waals surface area contributed by atoms with Gasteiger partial charge in [0.25, 0.3) is 0 Å². The zero-order valence-electron chi connectivity index (χ0n) is 12.4. The van der Waals surface area contributed by atoms with Gasteiger partial charge in [-0.05, 0) is 37.6 Å². The lowest BCUT2D eigenvalue weighted by Crippen LogP contribution is -2.01. The van der Waals surface area contributed by atoms with Crippen LogP contribution in [0.3, 0.4) is 0 Å². The SMILES string of the molecule is COc1ccc(C)cc1C(O)c1cc2cccc(C)c2o1. The van der Waals surface area contributed by atoms with Gasteiger partial charge in [-0.15, -0.1) is 0 Å². The van der Waals surface area contributed by atoms with Gasteiger partial charge in [-0.2, -0.15) is 0 Å². The van der Waals surface area contributed by atoms with Gasteiger partial charge in [-0.25, -0.2) is 0 Å². The summed E-state index contributed by atoms with van der Waals surface area (Å²) in [6.45, 7) is 3.98. The second kappa shape index (κ2) is 5.26. The molecule has 1 atom stereocenters. The molecule has 3 aromatic rings. The van der Waals surface area contributed by atoms with Crippen molar-refractivity contribution in [2.24, 2.45) is 0 Å². The first-order valence-electron chi connectivity index (χ1n) is 6.92. The van der Waals surface area contributed by atoms with Crippen LogP contribution in [0.25, 0.3) is 11.0 Å². The van der Waals surface area contributed by atoms with E-state index in [-0.39, 0.29) is 0 Å². The minimum atomic E-state index is -0.841. The van der Waals surface area contributed by atoms with E-state index in [1.165, 1.54) is 0 Å². The molecule has 3 heteroatoms. The third kappa shape index (κ3) is 2.41. The summed E-state index contributed by atoms with van der Waals surface area (Å²) in [6.07, 6.45) is -0.841. The Morgan fingerprint density at radius 2 is 1.90 bits per heavy atom. The number of furan rings is 1. The fourth-order valence-corrected chi connectivity index (χ4v) is 2.58. The Kier molecular flexibility index (Phi) is 3.43. The number of methoxy groups -OCH3 is 1. The number of fused-ring (bicyclic) bond motifs is 1. The van der Waals surface area contributed by atoms with Crippen molar-refractivity contribution in [3.63, 3.8) is 0 Å². The van der Waals surface area contributed by atoms with Crippen LogP contribution in [0.2, 0.25) is 0 Å². The van der Waals surface area contributed by atoms with Crippen LogP contribution in [-0.2, 0) is 0 Å². The first-order valence-corrected chi connectivity index (χ1v) is 6.92. The van der Waals surface area contributed by atoms with E-state index in [0.29, 0.717) is 17.1 Å². The van der Waals surface area contributed by atoms with Gasteiger partial charge in [0, 0.05) is 10.9 Å². The summed E-state index contributed by atoms with van der Waals surface area (Å²) in [7, 11) is 1.60. The number of hydrogen-bond acceptors (Lipinski definition) is 3. The molecule has 0 saturated carbocycles. The Balaban J connectivity index is 2.10. The van der Waals surface area contributed by atoms with Crippen LogP contribution < -0.4 is 4.74 Å². The van der Waals surface area contributed by atoms with E-state index in [0.717, 1.165) is 22.1 Å². The molecule has 0 radical (unpaired) electrons. The predicted molar refractivity (Wildman–Crippen MR) is 82.7 cm³/mol. The van der Waals surface area contributed by atoms with Gasteiger partial charge in [0.15, 0.2) is 0 Å². The van der Waals surface area contributed by atoms with Crippen molar-refractivity contribution in [3.05, 3.63) is 64.9 Å². The van der Waals surface area contributed by atoms with Crippen molar-refractivity contribution in [2.75, 3.05) is 7.11 Å². The second-order valence-corrected chi connectivity index (χ2v) is 5.29. The molecule has 0 fully saturated rings. The van der Waals surface area contributed by atoms with E-state index in [4.69, 9.17) is 9.15 Å². The fraction of sp³-hybridized carbons (Fsp3) is 0.222. The molecule has 3 rings (SSSR count). The summed E-state index contributed by atoms with van der Waals surface area (Å²) < 4.78 is 11.2. The molecule has 2 aromatic carbocycles. The summed E-state index contributed by atoms with van der Waals surface area (Å²) in [5.41, 5.74) is 3.66. The van der Waals surface area contributed by atoms with Gasteiger partial charge in [0.1, 0.15) is 23.2 Å². The summed E-state index contributed by atoms with van der Waals surface area (Å²) in [6, 6.07) is 13.6. The fourth-order valence-electron chi connectivity index (χ4n) is 2.58. The van der Waals surface area contributed by atoms with Gasteiger partial charge in [-0.3, -0.25) is 0 Å². The highest BCUT2D eigenvalue weighted by Gasteiger charge is 2.20. The molecular weight excluding hydrogens is 264 g/mol. The van der Waals surface area contributed by atoms with Crippen molar-refractivity contribution in [3.8, 4) is 5.75 Å². The lowest BCUT2D eigenvalue weighted by molar-refractivity contribution is 0.187. The molecule has 0 amide bonds. The Labute approximate surface area is 123 Å². The number of aryl methyl sites for hydroxylation is 2. The molecule has 0 aliphatic heterocycles. The van der Waals surface area contributed by atoms with Crippen molar-refractivity contribution in [2.45, 2.75) is 20.0 Å². The molecule has 0 bridgehead atoms. The Bertz CT molecular complexity index is 786. The van der Waals surface area contributed by atoms with E-state index in [1.54, 1.807) is 7.11 Å². The molecule has 1 unspecified atom stereocenters. The first kappa shape index (κ1) is 13.7. The number of para-hydroxylation sites is 1. The molecule has 1 heterocycles. The number of aliphatic hydroxyl groups excluding tert-OH is 1. The second-order valence-electron chi connectivity index (χ2n) is 5.29. The highest BCUT2D eigenvalue weighted by molar-refractivity contribution is 5.81. The maximum absolute atomic E-state index is 10.6. The Hall–Kier alpha value is -2.26. The molecule has 3 nitrogen and oxygen atoms in total. The molecule has 0 aliphatic carbocycles. The maximum atomic E-state index is 10.6. The minimum Gasteiger partial charge on any atom is -0.496 e. The minimum absolute atomic E-state index is 0.531. The van der Waals surface area contributed by atoms with Crippen LogP contribution >= 0.6 is 0 Å². The molecule has 1 N–H and O–H groups in total. The monoisotopic (exact) mass is 282 g/mol. The molecule has 21 heavy (non-hydrogen) atoms. The number of ether oxygens (including phenoxy) is 1. The molecule has 1 aromatic heterocycles. The topological polar surface area (TPSA) is 42.6 Å². The Morgan fingerprint density at radius 1 is 1.10 bits per heavy atom. The van der Waals surface area contributed by atoms with Crippen LogP contribution in [0.5, 0.6) is 5.75 Å². The van der Waals surface area contributed by atoms with Crippen LogP contribution in [0.1, 0.15) is 28.6 Å². The van der Waals surface area contributed by atoms with Crippen LogP contribution in [-0.4, -0.2) is 12.2 Å². The Morgan fingerprint density at radius 3 is 2.62 bits per heavy atom. The van der Waals surface area contributed by atoms with Crippen molar-refractivity contribution >= 4 is 11.0 Å². The number of hydrogen-bond donors (Lipinski definition) is 1. The van der Waals surface area contributed by atoms with Gasteiger partial charge in [-0.1, -0.05) is 29.8 Å². The molecular formula is C18H18O3. The summed E-state index contributed by atoms with van der Waals surface area (Å²) in [4.78, 5) is 0. The van der Waals surface area contributed by atoms with Crippen molar-refractivity contribution in [1.82, 2.24) is 0 Å². The zero-order valence-corrected chi connectivity index (χ0v) is 12.4. The van der Waals surface area contributed by atoms with Crippen molar-refractivity contribution < 1.29 is 14.3 Å². The highest BCUT2D eigenvalue weighted by Crippen LogP contribution is 2.34. The van der Waals surface area contributed by atoms with E-state index in [9.17, 15) is 5.11 Å². The average Bonchev–Trinajstić information content (AvgIpc) is 2.92. The van der Waals surface area contributed by atoms with Gasteiger partial charge in [0.05, 0.1) is 7.11 Å². The summed E-state index contributed by atoms with van der Waals surface area (Å²) >= 11 is 0. The highest BCUT2D eigenvalue weighted by atomic mass is 16.5. The first-order chi connectivity index (χ1) is 10.1. The van der Waals surface area contributed by atoms with Crippen LogP contribution in [0, 0.1) is 13.8 Å². The predicted octanol–water partition coefficient (Wildman–Crippen LogP) is 4.14. The van der Waals surface area contributed by atoms with Gasteiger partial charge < -0.3 is 14.3 Å². The van der Waals surface area contributed by atoms with Crippen LogP contribution in [0.4, 0.5) is 0 Å². The number of aliphatic hydroxyl groups is 1. The zero-order chi connectivity index (χ0) is 15.0. The number of benzene rings is 2.